The van der Waals surface area contributed by atoms with Gasteiger partial charge in [0.25, 0.3) is 6.71 Å². The van der Waals surface area contributed by atoms with Gasteiger partial charge in [-0.1, -0.05) is 114 Å². The molecule has 0 aliphatic carbocycles. The normalized spacial score (nSPS) is 13.5. The average molecular weight is 923 g/mol. The highest BCUT2D eigenvalue weighted by Gasteiger charge is 2.46. The second kappa shape index (κ2) is 15.0. The van der Waals surface area contributed by atoms with Gasteiger partial charge in [0.05, 0.1) is 16.4 Å². The Morgan fingerprint density at radius 3 is 1.61 bits per heavy atom. The van der Waals surface area contributed by atoms with Crippen LogP contribution in [0.2, 0.25) is 0 Å². The maximum atomic E-state index is 2.68. The second-order valence-electron chi connectivity index (χ2n) is 21.3. The van der Waals surface area contributed by atoms with E-state index < -0.39 is 0 Å². The molecule has 2 aliphatic rings. The fourth-order valence-electron chi connectivity index (χ4n) is 11.4. The molecule has 6 heteroatoms. The van der Waals surface area contributed by atoms with Crippen LogP contribution in [-0.2, 0) is 10.8 Å². The SMILES string of the molecule is Cc1cc2c3c(c1)N(c1c(C)cc(-c4csc5ccccc45)cc1C)c1sc4ccc(C(C)(C)C)cc4c1B3c1ccc(-c3csc4ccccc34)cc1N2c1c(C)cc(C(C)(C)C)cc1C. The van der Waals surface area contributed by atoms with E-state index in [0.29, 0.717) is 0 Å². The summed E-state index contributed by atoms with van der Waals surface area (Å²) in [7, 11) is 0. The first kappa shape index (κ1) is 42.4. The van der Waals surface area contributed by atoms with Crippen LogP contribution in [0.5, 0.6) is 0 Å². The molecule has 0 fully saturated rings. The Morgan fingerprint density at radius 1 is 0.448 bits per heavy atom. The zero-order valence-corrected chi connectivity index (χ0v) is 42.8. The number of nitrogens with zero attached hydrogens (tertiary/aromatic N) is 2. The van der Waals surface area contributed by atoms with Crippen LogP contribution in [0, 0.1) is 34.6 Å². The van der Waals surface area contributed by atoms with Crippen molar-refractivity contribution < 1.29 is 0 Å². The molecule has 2 aliphatic heterocycles. The lowest BCUT2D eigenvalue weighted by atomic mass is 9.33. The first-order chi connectivity index (χ1) is 32.0. The highest BCUT2D eigenvalue weighted by atomic mass is 32.1. The summed E-state index contributed by atoms with van der Waals surface area (Å²) in [5, 5.41) is 10.0. The second-order valence-corrected chi connectivity index (χ2v) is 24.2. The fraction of sp³-hybridized carbons (Fsp3) is 0.213. The molecular formula is C61H55BN2S3. The Kier molecular flexibility index (Phi) is 9.53. The maximum Gasteiger partial charge on any atom is 0.254 e. The minimum Gasteiger partial charge on any atom is -0.311 e. The number of rotatable bonds is 4. The average Bonchev–Trinajstić information content (AvgIpc) is 4.02. The van der Waals surface area contributed by atoms with Gasteiger partial charge in [0.15, 0.2) is 0 Å². The lowest BCUT2D eigenvalue weighted by molar-refractivity contribution is 0.589. The molecule has 0 bridgehead atoms. The standard InChI is InChI=1S/C61H55BN2S3/c1-34-24-50-56-51(25-34)64(58-35(2)26-40(27-36(58)3)47-33-66-53-19-15-13-17-44(47)53)59-55(45-31-41(60(6,7)8)21-23-54(45)67-59)62(56)48-22-20-39(46-32-65-52-18-14-12-16-43(46)52)30-49(48)63(50)57-37(4)28-42(29-38(57)5)61(9,10)11/h12-33H,1-11H3. The highest BCUT2D eigenvalue weighted by Crippen LogP contribution is 2.52. The van der Waals surface area contributed by atoms with Gasteiger partial charge in [0.1, 0.15) is 0 Å². The summed E-state index contributed by atoms with van der Waals surface area (Å²) in [5.74, 6) is 0. The van der Waals surface area contributed by atoms with E-state index >= 15 is 0 Å². The first-order valence-electron chi connectivity index (χ1n) is 23.7. The molecule has 10 aromatic rings. The van der Waals surface area contributed by atoms with E-state index in [-0.39, 0.29) is 17.5 Å². The van der Waals surface area contributed by atoms with Gasteiger partial charge >= 0.3 is 0 Å². The Balaban J connectivity index is 1.18. The molecule has 12 rings (SSSR count). The predicted molar refractivity (Wildman–Crippen MR) is 299 cm³/mol. The Labute approximate surface area is 408 Å². The van der Waals surface area contributed by atoms with Crippen LogP contribution < -0.4 is 26.2 Å². The molecular weight excluding hydrogens is 868 g/mol. The largest absolute Gasteiger partial charge is 0.311 e. The van der Waals surface area contributed by atoms with Crippen molar-refractivity contribution in [3.63, 3.8) is 0 Å². The molecule has 0 unspecified atom stereocenters. The minimum atomic E-state index is 0.000130. The van der Waals surface area contributed by atoms with Crippen molar-refractivity contribution >= 4 is 121 Å². The van der Waals surface area contributed by atoms with E-state index in [2.05, 4.69) is 218 Å². The molecule has 2 nitrogen and oxygen atoms in total. The lowest BCUT2D eigenvalue weighted by Crippen LogP contribution is -2.61. The van der Waals surface area contributed by atoms with Crippen molar-refractivity contribution in [1.29, 1.82) is 0 Å². The molecule has 0 atom stereocenters. The van der Waals surface area contributed by atoms with Crippen LogP contribution in [0.1, 0.15) is 80.5 Å². The molecule has 0 saturated heterocycles. The zero-order valence-electron chi connectivity index (χ0n) is 40.4. The van der Waals surface area contributed by atoms with Gasteiger partial charge in [-0.25, -0.2) is 0 Å². The Hall–Kier alpha value is -5.92. The summed E-state index contributed by atoms with van der Waals surface area (Å²) in [6.07, 6.45) is 0. The van der Waals surface area contributed by atoms with Gasteiger partial charge in [-0.2, -0.15) is 0 Å². The summed E-state index contributed by atoms with van der Waals surface area (Å²) in [4.78, 5) is 5.34. The number of hydrogen-bond donors (Lipinski definition) is 0. The van der Waals surface area contributed by atoms with Crippen LogP contribution in [0.25, 0.3) is 52.5 Å². The monoisotopic (exact) mass is 922 g/mol. The molecule has 5 heterocycles. The number of thiophene rings is 3. The van der Waals surface area contributed by atoms with Gasteiger partial charge < -0.3 is 9.80 Å². The molecule has 0 spiro atoms. The van der Waals surface area contributed by atoms with Crippen LogP contribution in [0.3, 0.4) is 0 Å². The summed E-state index contributed by atoms with van der Waals surface area (Å²) in [5.41, 5.74) is 24.8. The molecule has 0 saturated carbocycles. The third kappa shape index (κ3) is 6.54. The van der Waals surface area contributed by atoms with Gasteiger partial charge in [0, 0.05) is 53.1 Å². The van der Waals surface area contributed by atoms with Crippen LogP contribution in [0.4, 0.5) is 33.4 Å². The number of anilines is 6. The predicted octanol–water partition coefficient (Wildman–Crippen LogP) is 16.9. The molecule has 67 heavy (non-hydrogen) atoms. The van der Waals surface area contributed by atoms with Crippen molar-refractivity contribution in [2.45, 2.75) is 87.0 Å². The van der Waals surface area contributed by atoms with Gasteiger partial charge in [-0.05, 0) is 177 Å². The van der Waals surface area contributed by atoms with Gasteiger partial charge in [-0.3, -0.25) is 0 Å². The highest BCUT2D eigenvalue weighted by molar-refractivity contribution is 7.26. The zero-order chi connectivity index (χ0) is 46.4. The maximum absolute atomic E-state index is 2.68. The molecule has 330 valence electrons. The smallest absolute Gasteiger partial charge is 0.254 e. The topological polar surface area (TPSA) is 6.48 Å². The summed E-state index contributed by atoms with van der Waals surface area (Å²) in [6, 6.07) is 47.2. The van der Waals surface area contributed by atoms with Crippen LogP contribution in [-0.4, -0.2) is 6.71 Å². The molecule has 0 radical (unpaired) electrons. The third-order valence-corrected chi connectivity index (χ3v) is 17.7. The lowest BCUT2D eigenvalue weighted by Gasteiger charge is -2.45. The third-order valence-electron chi connectivity index (χ3n) is 14.6. The molecule has 0 N–H and O–H groups in total. The van der Waals surface area contributed by atoms with Gasteiger partial charge in [-0.15, -0.1) is 34.0 Å². The summed E-state index contributed by atoms with van der Waals surface area (Å²) < 4.78 is 3.98. The van der Waals surface area contributed by atoms with Crippen molar-refractivity contribution in [2.24, 2.45) is 0 Å². The van der Waals surface area contributed by atoms with E-state index in [1.54, 1.807) is 0 Å². The van der Waals surface area contributed by atoms with E-state index in [1.165, 1.54) is 141 Å². The van der Waals surface area contributed by atoms with Crippen molar-refractivity contribution in [3.05, 3.63) is 171 Å². The number of aryl methyl sites for hydroxylation is 5. The van der Waals surface area contributed by atoms with E-state index in [0.717, 1.165) is 0 Å². The van der Waals surface area contributed by atoms with Crippen LogP contribution >= 0.6 is 34.0 Å². The van der Waals surface area contributed by atoms with Crippen molar-refractivity contribution in [1.82, 2.24) is 0 Å². The number of hydrogen-bond acceptors (Lipinski definition) is 5. The minimum absolute atomic E-state index is 0.000130. The number of benzene rings is 7. The van der Waals surface area contributed by atoms with Crippen LogP contribution in [0.15, 0.2) is 132 Å². The molecule has 7 aromatic carbocycles. The Bertz CT molecular complexity index is 3650. The molecule has 0 amide bonds. The van der Waals surface area contributed by atoms with E-state index in [1.807, 2.05) is 34.0 Å². The van der Waals surface area contributed by atoms with Crippen molar-refractivity contribution in [2.75, 3.05) is 9.80 Å². The van der Waals surface area contributed by atoms with Gasteiger partial charge in [0.2, 0.25) is 0 Å². The summed E-state index contributed by atoms with van der Waals surface area (Å²) >= 11 is 5.63. The van der Waals surface area contributed by atoms with E-state index in [4.69, 9.17) is 0 Å². The quantitative estimate of drug-likeness (QED) is 0.162. The summed E-state index contributed by atoms with van der Waals surface area (Å²) in [6.45, 7) is 25.7. The number of fused-ring (bicyclic) bond motifs is 8. The van der Waals surface area contributed by atoms with E-state index in [9.17, 15) is 0 Å². The fourth-order valence-corrected chi connectivity index (χ4v) is 14.5. The van der Waals surface area contributed by atoms with Crippen molar-refractivity contribution in [3.8, 4) is 22.3 Å². The molecule has 3 aromatic heterocycles. The Morgan fingerprint density at radius 2 is 1.00 bits per heavy atom. The first-order valence-corrected chi connectivity index (χ1v) is 26.2.